The lowest BCUT2D eigenvalue weighted by Crippen LogP contribution is -2.01. The van der Waals surface area contributed by atoms with Gasteiger partial charge in [0, 0.05) is 28.7 Å². The van der Waals surface area contributed by atoms with Crippen LogP contribution in [-0.2, 0) is 6.54 Å². The number of aromatic amines is 1. The normalized spacial score (nSPS) is 10.6. The quantitative estimate of drug-likeness (QED) is 0.774. The van der Waals surface area contributed by atoms with Gasteiger partial charge < -0.3 is 5.32 Å². The van der Waals surface area contributed by atoms with Crippen LogP contribution in [0.2, 0.25) is 5.02 Å². The van der Waals surface area contributed by atoms with Crippen molar-refractivity contribution in [3.05, 3.63) is 59.1 Å². The number of nitrogens with one attached hydrogen (secondary N) is 2. The first-order chi connectivity index (χ1) is 10.2. The molecule has 0 amide bonds. The van der Waals surface area contributed by atoms with Crippen molar-refractivity contribution >= 4 is 17.3 Å². The van der Waals surface area contributed by atoms with Gasteiger partial charge in [-0.05, 0) is 42.8 Å². The van der Waals surface area contributed by atoms with Crippen molar-refractivity contribution in [1.82, 2.24) is 20.2 Å². The first kappa shape index (κ1) is 13.6. The fraction of sp³-hybridized carbons (Fsp3) is 0.133. The molecule has 2 N–H and O–H groups in total. The van der Waals surface area contributed by atoms with Crippen molar-refractivity contribution in [2.24, 2.45) is 0 Å². The summed E-state index contributed by atoms with van der Waals surface area (Å²) in [5.74, 6) is 1.46. The summed E-state index contributed by atoms with van der Waals surface area (Å²) in [6, 6.07) is 9.44. The third kappa shape index (κ3) is 3.20. The van der Waals surface area contributed by atoms with Crippen molar-refractivity contribution < 1.29 is 0 Å². The highest BCUT2D eigenvalue weighted by Gasteiger charge is 2.08. The average Bonchev–Trinajstić information content (AvgIpc) is 2.96. The van der Waals surface area contributed by atoms with Gasteiger partial charge in [-0.2, -0.15) is 5.10 Å². The van der Waals surface area contributed by atoms with E-state index in [0.29, 0.717) is 12.4 Å². The second-order valence-electron chi connectivity index (χ2n) is 4.66. The minimum atomic E-state index is 0.568. The summed E-state index contributed by atoms with van der Waals surface area (Å²) in [5.41, 5.74) is 3.02. The molecule has 0 saturated carbocycles. The molecule has 0 spiro atoms. The molecular formula is C15H14ClN5. The van der Waals surface area contributed by atoms with Crippen LogP contribution < -0.4 is 5.32 Å². The summed E-state index contributed by atoms with van der Waals surface area (Å²) >= 11 is 5.85. The number of aryl methyl sites for hydroxylation is 1. The molecule has 0 atom stereocenters. The van der Waals surface area contributed by atoms with E-state index < -0.39 is 0 Å². The Balaban J connectivity index is 1.71. The fourth-order valence-corrected chi connectivity index (χ4v) is 2.10. The molecule has 1 aromatic carbocycles. The first-order valence-electron chi connectivity index (χ1n) is 6.54. The van der Waals surface area contributed by atoms with Crippen LogP contribution in [0.4, 0.5) is 5.69 Å². The fourth-order valence-electron chi connectivity index (χ4n) is 1.97. The molecule has 0 aliphatic heterocycles. The third-order valence-electron chi connectivity index (χ3n) is 3.10. The second-order valence-corrected chi connectivity index (χ2v) is 5.09. The van der Waals surface area contributed by atoms with Gasteiger partial charge in [0.15, 0.2) is 5.82 Å². The Morgan fingerprint density at radius 1 is 1.19 bits per heavy atom. The smallest absolute Gasteiger partial charge is 0.181 e. The summed E-state index contributed by atoms with van der Waals surface area (Å²) < 4.78 is 0. The van der Waals surface area contributed by atoms with Crippen molar-refractivity contribution in [1.29, 1.82) is 0 Å². The standard InChI is InChI=1S/C15H14ClN5/c1-10-8-17-7-6-13(10)15-19-14(20-21-15)9-18-12-4-2-11(16)3-5-12/h2-8,18H,9H2,1H3,(H,19,20,21). The van der Waals surface area contributed by atoms with E-state index in [9.17, 15) is 0 Å². The van der Waals surface area contributed by atoms with E-state index in [4.69, 9.17) is 11.6 Å². The number of anilines is 1. The van der Waals surface area contributed by atoms with Crippen LogP contribution >= 0.6 is 11.6 Å². The Kier molecular flexibility index (Phi) is 3.83. The maximum atomic E-state index is 5.85. The van der Waals surface area contributed by atoms with Gasteiger partial charge >= 0.3 is 0 Å². The summed E-state index contributed by atoms with van der Waals surface area (Å²) in [5, 5.41) is 11.2. The summed E-state index contributed by atoms with van der Waals surface area (Å²) in [6.45, 7) is 2.56. The lowest BCUT2D eigenvalue weighted by molar-refractivity contribution is 0.955. The van der Waals surface area contributed by atoms with E-state index in [1.54, 1.807) is 12.4 Å². The van der Waals surface area contributed by atoms with Crippen molar-refractivity contribution in [2.75, 3.05) is 5.32 Å². The number of H-pyrrole nitrogens is 1. The van der Waals surface area contributed by atoms with Gasteiger partial charge in [-0.25, -0.2) is 4.98 Å². The molecule has 6 heteroatoms. The Morgan fingerprint density at radius 3 is 2.76 bits per heavy atom. The van der Waals surface area contributed by atoms with E-state index in [0.717, 1.165) is 27.7 Å². The van der Waals surface area contributed by atoms with Gasteiger partial charge in [-0.1, -0.05) is 11.6 Å². The van der Waals surface area contributed by atoms with Gasteiger partial charge in [-0.15, -0.1) is 0 Å². The second kappa shape index (κ2) is 5.93. The van der Waals surface area contributed by atoms with Crippen LogP contribution in [0.15, 0.2) is 42.7 Å². The molecule has 106 valence electrons. The van der Waals surface area contributed by atoms with E-state index in [-0.39, 0.29) is 0 Å². The lowest BCUT2D eigenvalue weighted by Gasteiger charge is -2.03. The van der Waals surface area contributed by atoms with Gasteiger partial charge in [0.1, 0.15) is 5.82 Å². The maximum absolute atomic E-state index is 5.85. The largest absolute Gasteiger partial charge is 0.378 e. The molecule has 5 nitrogen and oxygen atoms in total. The van der Waals surface area contributed by atoms with Gasteiger partial charge in [0.25, 0.3) is 0 Å². The average molecular weight is 300 g/mol. The zero-order valence-corrected chi connectivity index (χ0v) is 12.2. The van der Waals surface area contributed by atoms with Gasteiger partial charge in [-0.3, -0.25) is 10.1 Å². The van der Waals surface area contributed by atoms with E-state index in [2.05, 4.69) is 25.5 Å². The van der Waals surface area contributed by atoms with Crippen LogP contribution in [0.5, 0.6) is 0 Å². The topological polar surface area (TPSA) is 66.5 Å². The number of rotatable bonds is 4. The third-order valence-corrected chi connectivity index (χ3v) is 3.35. The van der Waals surface area contributed by atoms with Gasteiger partial charge in [0.05, 0.1) is 6.54 Å². The molecule has 2 heterocycles. The molecule has 3 aromatic rings. The van der Waals surface area contributed by atoms with Crippen LogP contribution in [0, 0.1) is 6.92 Å². The molecule has 21 heavy (non-hydrogen) atoms. The van der Waals surface area contributed by atoms with Crippen LogP contribution in [-0.4, -0.2) is 20.2 Å². The Hall–Kier alpha value is -2.40. The highest BCUT2D eigenvalue weighted by molar-refractivity contribution is 6.30. The van der Waals surface area contributed by atoms with Crippen LogP contribution in [0.25, 0.3) is 11.4 Å². The number of pyridine rings is 1. The Bertz CT molecular complexity index is 736. The van der Waals surface area contributed by atoms with Crippen molar-refractivity contribution in [2.45, 2.75) is 13.5 Å². The zero-order chi connectivity index (χ0) is 14.7. The molecule has 0 aliphatic rings. The SMILES string of the molecule is Cc1cnccc1-c1n[nH]c(CNc2ccc(Cl)cc2)n1. The summed E-state index contributed by atoms with van der Waals surface area (Å²) in [4.78, 5) is 8.56. The van der Waals surface area contributed by atoms with Crippen molar-refractivity contribution in [3.63, 3.8) is 0 Å². The zero-order valence-electron chi connectivity index (χ0n) is 11.5. The van der Waals surface area contributed by atoms with Gasteiger partial charge in [0.2, 0.25) is 0 Å². The molecule has 3 rings (SSSR count). The molecule has 0 saturated heterocycles. The number of halogens is 1. The molecule has 0 radical (unpaired) electrons. The number of hydrogen-bond acceptors (Lipinski definition) is 4. The summed E-state index contributed by atoms with van der Waals surface area (Å²) in [6.07, 6.45) is 3.54. The van der Waals surface area contributed by atoms with E-state index in [1.165, 1.54) is 0 Å². The number of nitrogens with zero attached hydrogens (tertiary/aromatic N) is 3. The lowest BCUT2D eigenvalue weighted by atomic mass is 10.1. The maximum Gasteiger partial charge on any atom is 0.181 e. The number of aromatic nitrogens is 4. The number of hydrogen-bond donors (Lipinski definition) is 2. The van der Waals surface area contributed by atoms with E-state index in [1.807, 2.05) is 37.3 Å². The first-order valence-corrected chi connectivity index (χ1v) is 6.92. The van der Waals surface area contributed by atoms with Crippen LogP contribution in [0.3, 0.4) is 0 Å². The molecule has 2 aromatic heterocycles. The minimum absolute atomic E-state index is 0.568. The van der Waals surface area contributed by atoms with Crippen LogP contribution in [0.1, 0.15) is 11.4 Å². The predicted octanol–water partition coefficient (Wildman–Crippen LogP) is 3.44. The summed E-state index contributed by atoms with van der Waals surface area (Å²) in [7, 11) is 0. The van der Waals surface area contributed by atoms with Crippen molar-refractivity contribution in [3.8, 4) is 11.4 Å². The number of benzene rings is 1. The monoisotopic (exact) mass is 299 g/mol. The molecule has 0 unspecified atom stereocenters. The highest BCUT2D eigenvalue weighted by atomic mass is 35.5. The predicted molar refractivity (Wildman–Crippen MR) is 83.1 cm³/mol. The molecular weight excluding hydrogens is 286 g/mol. The molecule has 0 fully saturated rings. The molecule has 0 bridgehead atoms. The Morgan fingerprint density at radius 2 is 2.00 bits per heavy atom. The minimum Gasteiger partial charge on any atom is -0.378 e. The van der Waals surface area contributed by atoms with E-state index >= 15 is 0 Å². The Labute approximate surface area is 127 Å². The molecule has 0 aliphatic carbocycles. The highest BCUT2D eigenvalue weighted by Crippen LogP contribution is 2.18.